The predicted octanol–water partition coefficient (Wildman–Crippen LogP) is 14.6. The Balaban J connectivity index is 1.08. The molecule has 65 heavy (non-hydrogen) atoms. The molecule has 0 bridgehead atoms. The summed E-state index contributed by atoms with van der Waals surface area (Å²) in [6.45, 7) is 2.27. The van der Waals surface area contributed by atoms with Gasteiger partial charge >= 0.3 is 0 Å². The Morgan fingerprint density at radius 1 is 0.385 bits per heavy atom. The zero-order chi connectivity index (χ0) is 43.3. The number of allylic oxidation sites excluding steroid dienone is 4. The van der Waals surface area contributed by atoms with E-state index in [4.69, 9.17) is 19.9 Å². The molecule has 0 amide bonds. The van der Waals surface area contributed by atoms with Crippen molar-refractivity contribution in [2.45, 2.75) is 13.0 Å². The first kappa shape index (κ1) is 38.2. The molecule has 0 radical (unpaired) electrons. The van der Waals surface area contributed by atoms with Crippen molar-refractivity contribution in [3.8, 4) is 73.2 Å². The summed E-state index contributed by atoms with van der Waals surface area (Å²) in [6.07, 6.45) is 8.85. The van der Waals surface area contributed by atoms with Gasteiger partial charge in [-0.3, -0.25) is 4.57 Å². The van der Waals surface area contributed by atoms with Gasteiger partial charge in [0, 0.05) is 39.1 Å². The van der Waals surface area contributed by atoms with Crippen LogP contribution in [-0.4, -0.2) is 29.1 Å². The minimum absolute atomic E-state index is 0.127. The van der Waals surface area contributed by atoms with Crippen LogP contribution >= 0.6 is 0 Å². The quantitative estimate of drug-likeness (QED) is 0.153. The van der Waals surface area contributed by atoms with Crippen molar-refractivity contribution in [3.63, 3.8) is 0 Å². The fraction of sp³-hybridized carbons (Fsp3) is 0.0508. The molecule has 0 N–H and O–H groups in total. The van der Waals surface area contributed by atoms with Gasteiger partial charge in [0.05, 0.1) is 50.5 Å². The van der Waals surface area contributed by atoms with Crippen molar-refractivity contribution < 1.29 is 0 Å². The van der Waals surface area contributed by atoms with Gasteiger partial charge in [-0.05, 0) is 65.6 Å². The van der Waals surface area contributed by atoms with E-state index >= 15 is 0 Å². The van der Waals surface area contributed by atoms with Crippen LogP contribution in [0.1, 0.15) is 13.0 Å². The van der Waals surface area contributed by atoms with Crippen LogP contribution in [0.15, 0.2) is 224 Å². The molecule has 8 aromatic carbocycles. The van der Waals surface area contributed by atoms with E-state index in [0.717, 1.165) is 106 Å². The van der Waals surface area contributed by atoms with E-state index in [2.05, 4.69) is 216 Å². The number of para-hydroxylation sites is 5. The van der Waals surface area contributed by atoms with Crippen LogP contribution < -0.4 is 0 Å². The number of nitrogens with zero attached hydrogens (tertiary/aromatic N) is 6. The van der Waals surface area contributed by atoms with Gasteiger partial charge < -0.3 is 4.57 Å². The lowest BCUT2D eigenvalue weighted by Gasteiger charge is -2.25. The fourth-order valence-corrected chi connectivity index (χ4v) is 9.48. The van der Waals surface area contributed by atoms with Gasteiger partial charge in [0.2, 0.25) is 0 Å². The van der Waals surface area contributed by atoms with E-state index in [9.17, 15) is 0 Å². The third-order valence-corrected chi connectivity index (χ3v) is 12.6. The first-order valence-corrected chi connectivity index (χ1v) is 22.2. The predicted molar refractivity (Wildman–Crippen MR) is 267 cm³/mol. The van der Waals surface area contributed by atoms with Crippen molar-refractivity contribution >= 4 is 33.1 Å². The average molecular weight is 835 g/mol. The minimum Gasteiger partial charge on any atom is -0.316 e. The second-order valence-corrected chi connectivity index (χ2v) is 16.7. The van der Waals surface area contributed by atoms with Gasteiger partial charge in [-0.25, -0.2) is 19.9 Å². The maximum atomic E-state index is 5.67. The molecule has 11 aromatic rings. The summed E-state index contributed by atoms with van der Waals surface area (Å²) in [7, 11) is 0. The summed E-state index contributed by atoms with van der Waals surface area (Å²) in [5, 5.41) is 0. The van der Waals surface area contributed by atoms with Gasteiger partial charge in [0.25, 0.3) is 0 Å². The Morgan fingerprint density at radius 2 is 0.846 bits per heavy atom. The third-order valence-electron chi connectivity index (χ3n) is 12.6. The molecule has 0 saturated carbocycles. The molecule has 3 heterocycles. The van der Waals surface area contributed by atoms with Crippen LogP contribution in [0.2, 0.25) is 0 Å². The van der Waals surface area contributed by atoms with E-state index in [-0.39, 0.29) is 6.04 Å². The fourth-order valence-electron chi connectivity index (χ4n) is 9.48. The Labute approximate surface area is 377 Å². The molecule has 6 nitrogen and oxygen atoms in total. The van der Waals surface area contributed by atoms with Gasteiger partial charge in [0.15, 0.2) is 0 Å². The Morgan fingerprint density at radius 3 is 1.45 bits per heavy atom. The maximum Gasteiger partial charge on any atom is 0.145 e. The van der Waals surface area contributed by atoms with Crippen molar-refractivity contribution in [1.82, 2.24) is 29.1 Å². The number of hydrogen-bond donors (Lipinski definition) is 0. The highest BCUT2D eigenvalue weighted by Gasteiger charge is 2.25. The summed E-state index contributed by atoms with van der Waals surface area (Å²) in [4.78, 5) is 21.8. The van der Waals surface area contributed by atoms with Gasteiger partial charge in [-0.1, -0.05) is 183 Å². The highest BCUT2D eigenvalue weighted by atomic mass is 15.1. The van der Waals surface area contributed by atoms with Crippen LogP contribution in [0.4, 0.5) is 0 Å². The number of aromatic nitrogens is 6. The molecule has 0 spiro atoms. The van der Waals surface area contributed by atoms with E-state index in [1.54, 1.807) is 0 Å². The number of imidazole rings is 2. The van der Waals surface area contributed by atoms with E-state index in [1.807, 2.05) is 24.3 Å². The summed E-state index contributed by atoms with van der Waals surface area (Å²) < 4.78 is 4.65. The third kappa shape index (κ3) is 6.75. The van der Waals surface area contributed by atoms with Crippen LogP contribution in [0, 0.1) is 5.92 Å². The zero-order valence-electron chi connectivity index (χ0n) is 35.7. The SMILES string of the molecule is C[C@H]1C=CC=CC1n1c(-c2cccc(-c3ccc(-c4cccc(-c5nc6ccccc6n5-c5ccccc5)c4)c4nc(-c5ccccc5)c(-c5ccccc5)nc34)c2)nc2ccccc21. The lowest BCUT2D eigenvalue weighted by molar-refractivity contribution is 0.500. The normalized spacial score (nSPS) is 14.7. The van der Waals surface area contributed by atoms with Crippen molar-refractivity contribution in [2.24, 2.45) is 5.92 Å². The van der Waals surface area contributed by atoms with Crippen molar-refractivity contribution in [3.05, 3.63) is 224 Å². The molecule has 2 atom stereocenters. The molecule has 3 aromatic heterocycles. The number of rotatable bonds is 8. The standard InChI is InChI=1S/C59H42N6/c1-39-19-11-14-32-51(39)65-53-34-16-13-31-50(53)61-59(65)45-27-18-25-43(38-45)48-36-35-47(56-57(48)63-55(41-22-7-3-8-23-41)54(62-56)40-20-5-2-6-21-40)42-24-17-26-44(37-42)58-60-49-30-12-15-33-52(49)64(58)46-28-9-4-10-29-46/h2-39,51H,1H3/t39-,51?/m0/s1. The topological polar surface area (TPSA) is 61.4 Å². The van der Waals surface area contributed by atoms with E-state index in [0.29, 0.717) is 5.92 Å². The molecule has 6 heteroatoms. The van der Waals surface area contributed by atoms with Crippen LogP contribution in [0.5, 0.6) is 0 Å². The number of hydrogen-bond acceptors (Lipinski definition) is 4. The van der Waals surface area contributed by atoms with Crippen LogP contribution in [0.3, 0.4) is 0 Å². The summed E-state index contributed by atoms with van der Waals surface area (Å²) >= 11 is 0. The lowest BCUT2D eigenvalue weighted by Crippen LogP contribution is -2.16. The first-order chi connectivity index (χ1) is 32.2. The summed E-state index contributed by atoms with van der Waals surface area (Å²) in [5.74, 6) is 2.11. The second kappa shape index (κ2) is 16.0. The smallest absolute Gasteiger partial charge is 0.145 e. The molecule has 0 saturated heterocycles. The average Bonchev–Trinajstić information content (AvgIpc) is 3.96. The second-order valence-electron chi connectivity index (χ2n) is 16.7. The molecule has 1 aliphatic rings. The lowest BCUT2D eigenvalue weighted by atomic mass is 9.94. The molecule has 0 aliphatic heterocycles. The first-order valence-electron chi connectivity index (χ1n) is 22.2. The molecular formula is C59H42N6. The highest BCUT2D eigenvalue weighted by Crippen LogP contribution is 2.42. The van der Waals surface area contributed by atoms with Crippen molar-refractivity contribution in [2.75, 3.05) is 0 Å². The van der Waals surface area contributed by atoms with E-state index in [1.165, 1.54) is 0 Å². The molecule has 308 valence electrons. The summed E-state index contributed by atoms with van der Waals surface area (Å²) in [6, 6.07) is 70.1. The summed E-state index contributed by atoms with van der Waals surface area (Å²) in [5.41, 5.74) is 16.6. The Bertz CT molecular complexity index is 3620. The molecule has 0 fully saturated rings. The number of benzene rings is 8. The zero-order valence-corrected chi connectivity index (χ0v) is 35.7. The monoisotopic (exact) mass is 834 g/mol. The maximum absolute atomic E-state index is 5.67. The van der Waals surface area contributed by atoms with Gasteiger partial charge in [0.1, 0.15) is 11.6 Å². The van der Waals surface area contributed by atoms with E-state index < -0.39 is 0 Å². The van der Waals surface area contributed by atoms with Crippen molar-refractivity contribution in [1.29, 1.82) is 0 Å². The number of fused-ring (bicyclic) bond motifs is 3. The molecular weight excluding hydrogens is 793 g/mol. The highest BCUT2D eigenvalue weighted by molar-refractivity contribution is 6.03. The van der Waals surface area contributed by atoms with Crippen LogP contribution in [-0.2, 0) is 0 Å². The Hall–Kier alpha value is -8.48. The molecule has 1 aliphatic carbocycles. The van der Waals surface area contributed by atoms with Gasteiger partial charge in [-0.2, -0.15) is 0 Å². The minimum atomic E-state index is 0.127. The molecule has 1 unspecified atom stereocenters. The largest absolute Gasteiger partial charge is 0.316 e. The molecule has 12 rings (SSSR count). The van der Waals surface area contributed by atoms with Crippen LogP contribution in [0.25, 0.3) is 106 Å². The van der Waals surface area contributed by atoms with Gasteiger partial charge in [-0.15, -0.1) is 0 Å². The Kier molecular flexibility index (Phi) is 9.41.